The van der Waals surface area contributed by atoms with Gasteiger partial charge in [0.05, 0.1) is 5.69 Å². The van der Waals surface area contributed by atoms with E-state index in [0.29, 0.717) is 17.8 Å². The summed E-state index contributed by atoms with van der Waals surface area (Å²) < 4.78 is 2.03. The van der Waals surface area contributed by atoms with Gasteiger partial charge in [-0.25, -0.2) is 4.68 Å². The van der Waals surface area contributed by atoms with Gasteiger partial charge < -0.3 is 10.2 Å². The molecule has 5 rings (SSSR count). The van der Waals surface area contributed by atoms with Crippen molar-refractivity contribution >= 4 is 18.3 Å². The number of nitrogens with zero attached hydrogens (tertiary/aromatic N) is 3. The first kappa shape index (κ1) is 19.5. The number of rotatable bonds is 3. The molecule has 6 heteroatoms. The third-order valence-corrected chi connectivity index (χ3v) is 6.53. The fourth-order valence-electron chi connectivity index (χ4n) is 4.97. The van der Waals surface area contributed by atoms with E-state index in [1.807, 2.05) is 9.58 Å². The van der Waals surface area contributed by atoms with Crippen LogP contribution in [0.5, 0.6) is 0 Å². The summed E-state index contributed by atoms with van der Waals surface area (Å²) in [5, 5.41) is 8.49. The summed E-state index contributed by atoms with van der Waals surface area (Å²) >= 11 is 0. The van der Waals surface area contributed by atoms with Crippen molar-refractivity contribution in [2.45, 2.75) is 64.0 Å². The molecule has 0 saturated carbocycles. The minimum absolute atomic E-state index is 0. The first-order valence-electron chi connectivity index (χ1n) is 10.5. The van der Waals surface area contributed by atoms with Gasteiger partial charge in [0.2, 0.25) is 0 Å². The summed E-state index contributed by atoms with van der Waals surface area (Å²) in [6, 6.07) is 9.64. The minimum atomic E-state index is 0. The van der Waals surface area contributed by atoms with Crippen molar-refractivity contribution in [2.75, 3.05) is 13.1 Å². The number of carbonyl (C=O) groups is 1. The second-order valence-electron chi connectivity index (χ2n) is 8.24. The molecular formula is C22H29ClN4O. The number of nitrogens with one attached hydrogen (secondary N) is 1. The summed E-state index contributed by atoms with van der Waals surface area (Å²) in [7, 11) is 0. The molecule has 1 aromatic heterocycles. The van der Waals surface area contributed by atoms with Crippen molar-refractivity contribution < 1.29 is 4.79 Å². The molecule has 3 aliphatic rings. The maximum Gasteiger partial charge on any atom is 0.274 e. The van der Waals surface area contributed by atoms with Crippen molar-refractivity contribution in [1.29, 1.82) is 0 Å². The van der Waals surface area contributed by atoms with E-state index in [2.05, 4.69) is 36.5 Å². The van der Waals surface area contributed by atoms with Crippen LogP contribution in [-0.2, 0) is 19.3 Å². The van der Waals surface area contributed by atoms with Crippen molar-refractivity contribution in [3.05, 3.63) is 46.8 Å². The lowest BCUT2D eigenvalue weighted by Gasteiger charge is -2.23. The SMILES string of the molecule is CCc1ccc(-n2nc(C(=O)N3CCC4CCC(C3)N4)c3c2CCC3)cc1.Cl. The third kappa shape index (κ3) is 3.35. The van der Waals surface area contributed by atoms with Crippen LogP contribution in [0, 0.1) is 0 Å². The molecule has 0 spiro atoms. The molecule has 1 amide bonds. The number of carbonyl (C=O) groups excluding carboxylic acids is 1. The third-order valence-electron chi connectivity index (χ3n) is 6.53. The highest BCUT2D eigenvalue weighted by Crippen LogP contribution is 2.30. The molecule has 1 N–H and O–H groups in total. The largest absolute Gasteiger partial charge is 0.336 e. The number of fused-ring (bicyclic) bond motifs is 3. The van der Waals surface area contributed by atoms with E-state index in [1.54, 1.807) is 0 Å². The first-order valence-corrected chi connectivity index (χ1v) is 10.5. The first-order chi connectivity index (χ1) is 13.2. The zero-order valence-electron chi connectivity index (χ0n) is 16.5. The topological polar surface area (TPSA) is 50.2 Å². The van der Waals surface area contributed by atoms with E-state index < -0.39 is 0 Å². The summed E-state index contributed by atoms with van der Waals surface area (Å²) in [4.78, 5) is 15.4. The second-order valence-corrected chi connectivity index (χ2v) is 8.24. The van der Waals surface area contributed by atoms with Gasteiger partial charge in [0.15, 0.2) is 5.69 Å². The zero-order valence-corrected chi connectivity index (χ0v) is 17.3. The Morgan fingerprint density at radius 3 is 2.71 bits per heavy atom. The van der Waals surface area contributed by atoms with Crippen LogP contribution in [0.25, 0.3) is 5.69 Å². The lowest BCUT2D eigenvalue weighted by molar-refractivity contribution is 0.0740. The van der Waals surface area contributed by atoms with Crippen LogP contribution < -0.4 is 5.32 Å². The second kappa shape index (κ2) is 7.88. The van der Waals surface area contributed by atoms with Gasteiger partial charge in [0.25, 0.3) is 5.91 Å². The Balaban J connectivity index is 0.00000192. The Bertz CT molecular complexity index is 860. The van der Waals surface area contributed by atoms with E-state index in [9.17, 15) is 4.79 Å². The van der Waals surface area contributed by atoms with Gasteiger partial charge in [-0.1, -0.05) is 19.1 Å². The monoisotopic (exact) mass is 400 g/mol. The van der Waals surface area contributed by atoms with Crippen LogP contribution in [0.1, 0.15) is 59.9 Å². The standard InChI is InChI=1S/C22H28N4O.ClH/c1-2-15-6-10-18(11-7-15)26-20-5-3-4-19(20)21(24-26)22(27)25-13-12-16-8-9-17(14-25)23-16;/h6-7,10-11,16-17,23H,2-5,8-9,12-14H2,1H3;1H. The molecule has 1 aromatic carbocycles. The van der Waals surface area contributed by atoms with Crippen LogP contribution in [-0.4, -0.2) is 45.8 Å². The molecule has 1 aliphatic carbocycles. The molecule has 3 heterocycles. The van der Waals surface area contributed by atoms with E-state index in [0.717, 1.165) is 50.9 Å². The minimum Gasteiger partial charge on any atom is -0.336 e. The maximum absolute atomic E-state index is 13.4. The van der Waals surface area contributed by atoms with Gasteiger partial charge in [-0.2, -0.15) is 5.10 Å². The molecule has 2 bridgehead atoms. The Labute approximate surface area is 172 Å². The van der Waals surface area contributed by atoms with E-state index in [4.69, 9.17) is 5.10 Å². The number of likely N-dealkylation sites (tertiary alicyclic amines) is 1. The fraction of sp³-hybridized carbons (Fsp3) is 0.545. The highest BCUT2D eigenvalue weighted by molar-refractivity contribution is 5.94. The van der Waals surface area contributed by atoms with Gasteiger partial charge in [-0.05, 0) is 62.6 Å². The van der Waals surface area contributed by atoms with E-state index in [1.165, 1.54) is 29.7 Å². The molecular weight excluding hydrogens is 372 g/mol. The molecule has 150 valence electrons. The molecule has 28 heavy (non-hydrogen) atoms. The Hall–Kier alpha value is -1.85. The number of amides is 1. The molecule has 2 unspecified atom stereocenters. The number of aryl methyl sites for hydroxylation is 1. The lowest BCUT2D eigenvalue weighted by atomic mass is 10.1. The molecule has 2 saturated heterocycles. The Morgan fingerprint density at radius 1 is 1.14 bits per heavy atom. The predicted octanol–water partition coefficient (Wildman–Crippen LogP) is 3.31. The molecule has 2 aliphatic heterocycles. The van der Waals surface area contributed by atoms with Gasteiger partial charge in [-0.3, -0.25) is 4.79 Å². The number of aromatic nitrogens is 2. The van der Waals surface area contributed by atoms with Gasteiger partial charge in [-0.15, -0.1) is 12.4 Å². The number of hydrogen-bond donors (Lipinski definition) is 1. The van der Waals surface area contributed by atoms with Crippen LogP contribution in [0.3, 0.4) is 0 Å². The lowest BCUT2D eigenvalue weighted by Crippen LogP contribution is -2.39. The fourth-order valence-corrected chi connectivity index (χ4v) is 4.97. The van der Waals surface area contributed by atoms with Gasteiger partial charge in [0.1, 0.15) is 0 Å². The highest BCUT2D eigenvalue weighted by Gasteiger charge is 2.34. The molecule has 5 nitrogen and oxygen atoms in total. The quantitative estimate of drug-likeness (QED) is 0.859. The smallest absolute Gasteiger partial charge is 0.274 e. The average molecular weight is 401 g/mol. The zero-order chi connectivity index (χ0) is 18.4. The summed E-state index contributed by atoms with van der Waals surface area (Å²) in [5.74, 6) is 0.131. The van der Waals surface area contributed by atoms with Crippen LogP contribution in [0.2, 0.25) is 0 Å². The van der Waals surface area contributed by atoms with E-state index >= 15 is 0 Å². The molecule has 0 radical (unpaired) electrons. The Kier molecular flexibility index (Phi) is 5.48. The number of benzene rings is 1. The summed E-state index contributed by atoms with van der Waals surface area (Å²) in [6.45, 7) is 3.84. The molecule has 2 aromatic rings. The van der Waals surface area contributed by atoms with Gasteiger partial charge >= 0.3 is 0 Å². The predicted molar refractivity (Wildman–Crippen MR) is 113 cm³/mol. The summed E-state index contributed by atoms with van der Waals surface area (Å²) in [5.41, 5.74) is 5.51. The normalized spacial score (nSPS) is 23.2. The van der Waals surface area contributed by atoms with Gasteiger partial charge in [0, 0.05) is 36.4 Å². The number of hydrogen-bond acceptors (Lipinski definition) is 3. The highest BCUT2D eigenvalue weighted by atomic mass is 35.5. The van der Waals surface area contributed by atoms with Crippen LogP contribution in [0.15, 0.2) is 24.3 Å². The molecule has 2 atom stereocenters. The Morgan fingerprint density at radius 2 is 1.93 bits per heavy atom. The van der Waals surface area contributed by atoms with Crippen LogP contribution in [0.4, 0.5) is 0 Å². The maximum atomic E-state index is 13.4. The average Bonchev–Trinajstić information content (AvgIpc) is 3.36. The molecule has 2 fully saturated rings. The summed E-state index contributed by atoms with van der Waals surface area (Å²) in [6.07, 6.45) is 7.64. The van der Waals surface area contributed by atoms with Crippen molar-refractivity contribution in [2.24, 2.45) is 0 Å². The van der Waals surface area contributed by atoms with E-state index in [-0.39, 0.29) is 18.3 Å². The van der Waals surface area contributed by atoms with Crippen molar-refractivity contribution in [1.82, 2.24) is 20.0 Å². The van der Waals surface area contributed by atoms with Crippen molar-refractivity contribution in [3.63, 3.8) is 0 Å². The van der Waals surface area contributed by atoms with Crippen LogP contribution >= 0.6 is 12.4 Å². The van der Waals surface area contributed by atoms with Crippen molar-refractivity contribution in [3.8, 4) is 5.69 Å². The number of halogens is 1.